The Kier molecular flexibility index (Phi) is 7.78. The molecule has 0 radical (unpaired) electrons. The smallest absolute Gasteiger partial charge is 0.407 e. The van der Waals surface area contributed by atoms with Crippen LogP contribution in [0.25, 0.3) is 22.4 Å². The minimum Gasteiger partial charge on any atom is -0.453 e. The zero-order chi connectivity index (χ0) is 25.1. The van der Waals surface area contributed by atoms with Crippen molar-refractivity contribution in [1.82, 2.24) is 20.2 Å². The summed E-state index contributed by atoms with van der Waals surface area (Å²) < 4.78 is 5.95. The molecule has 0 spiro atoms. The molecule has 0 saturated carbocycles. The average molecular weight is 586 g/mol. The number of aryl methyl sites for hydroxylation is 1. The molecule has 0 bridgehead atoms. The lowest BCUT2D eigenvalue weighted by Crippen LogP contribution is -2.51. The molecular weight excluding hydrogens is 555 g/mol. The number of aromatic amines is 1. The van der Waals surface area contributed by atoms with Crippen molar-refractivity contribution in [1.29, 1.82) is 0 Å². The number of benzene rings is 2. The minimum absolute atomic E-state index is 0.0683. The standard InChI is InChI=1S/C27H31IN4O3/c1-16(2)24(31-27(34)35-4)26(33)32-12-8-11-22(32)25-29-15-21(30-25)19-13-17(3)23(28)20(14-19)18-9-6-5-7-10-18/h5-7,9-10,13-16,22,24H,8,11-12H2,1-4H3,(H,29,30)(H,31,34)/t22-,24-/m0/s1. The van der Waals surface area contributed by atoms with E-state index in [1.165, 1.54) is 27.4 Å². The monoisotopic (exact) mass is 586 g/mol. The summed E-state index contributed by atoms with van der Waals surface area (Å²) in [6, 6.07) is 13.9. The van der Waals surface area contributed by atoms with Gasteiger partial charge in [-0.1, -0.05) is 44.2 Å². The summed E-state index contributed by atoms with van der Waals surface area (Å²) in [5.41, 5.74) is 5.54. The fraction of sp³-hybridized carbons (Fsp3) is 0.370. The van der Waals surface area contributed by atoms with Crippen LogP contribution >= 0.6 is 22.6 Å². The first-order chi connectivity index (χ1) is 16.8. The van der Waals surface area contributed by atoms with Crippen molar-refractivity contribution in [3.63, 3.8) is 0 Å². The van der Waals surface area contributed by atoms with Crippen molar-refractivity contribution in [3.8, 4) is 22.4 Å². The van der Waals surface area contributed by atoms with Crippen molar-refractivity contribution in [2.75, 3.05) is 13.7 Å². The Morgan fingerprint density at radius 2 is 1.94 bits per heavy atom. The van der Waals surface area contributed by atoms with Gasteiger partial charge in [0.15, 0.2) is 0 Å². The lowest BCUT2D eigenvalue weighted by atomic mass is 9.99. The average Bonchev–Trinajstić information content (AvgIpc) is 3.53. The highest BCUT2D eigenvalue weighted by atomic mass is 127. The van der Waals surface area contributed by atoms with Gasteiger partial charge in [-0.15, -0.1) is 0 Å². The molecule has 3 aromatic rings. The van der Waals surface area contributed by atoms with Gasteiger partial charge in [-0.3, -0.25) is 4.79 Å². The molecule has 2 heterocycles. The zero-order valence-electron chi connectivity index (χ0n) is 20.5. The minimum atomic E-state index is -0.648. The first kappa shape index (κ1) is 25.2. The second-order valence-corrected chi connectivity index (χ2v) is 10.3. The SMILES string of the molecule is COC(=O)N[C@H](C(=O)N1CCC[C@H]1c1ncc(-c2cc(C)c(I)c(-c3ccccc3)c2)[nH]1)C(C)C. The Morgan fingerprint density at radius 3 is 2.63 bits per heavy atom. The van der Waals surface area contributed by atoms with E-state index < -0.39 is 12.1 Å². The van der Waals surface area contributed by atoms with Gasteiger partial charge in [-0.2, -0.15) is 0 Å². The van der Waals surface area contributed by atoms with Gasteiger partial charge in [0.05, 0.1) is 25.0 Å². The number of carbonyl (C=O) groups excluding carboxylic acids is 2. The lowest BCUT2D eigenvalue weighted by Gasteiger charge is -2.30. The summed E-state index contributed by atoms with van der Waals surface area (Å²) in [4.78, 5) is 35.2. The van der Waals surface area contributed by atoms with Crippen LogP contribution in [0.15, 0.2) is 48.7 Å². The topological polar surface area (TPSA) is 87.3 Å². The number of alkyl carbamates (subject to hydrolysis) is 1. The summed E-state index contributed by atoms with van der Waals surface area (Å²) in [7, 11) is 1.30. The second kappa shape index (κ2) is 10.8. The number of H-pyrrole nitrogens is 1. The van der Waals surface area contributed by atoms with Gasteiger partial charge in [0.1, 0.15) is 11.9 Å². The molecule has 35 heavy (non-hydrogen) atoms. The first-order valence-electron chi connectivity index (χ1n) is 11.9. The molecule has 1 aliphatic rings. The summed E-state index contributed by atoms with van der Waals surface area (Å²) in [5, 5.41) is 2.70. The number of carbonyl (C=O) groups is 2. The van der Waals surface area contributed by atoms with Gasteiger partial charge in [0.2, 0.25) is 5.91 Å². The van der Waals surface area contributed by atoms with Crippen LogP contribution in [0.2, 0.25) is 0 Å². The van der Waals surface area contributed by atoms with E-state index in [2.05, 4.69) is 69.1 Å². The number of imidazole rings is 1. The van der Waals surface area contributed by atoms with E-state index >= 15 is 0 Å². The van der Waals surface area contributed by atoms with E-state index in [-0.39, 0.29) is 17.9 Å². The number of rotatable bonds is 6. The Labute approximate surface area is 219 Å². The Bertz CT molecular complexity index is 1210. The van der Waals surface area contributed by atoms with Gasteiger partial charge in [-0.25, -0.2) is 9.78 Å². The quantitative estimate of drug-likeness (QED) is 0.363. The maximum atomic E-state index is 13.4. The van der Waals surface area contributed by atoms with E-state index in [1.807, 2.05) is 43.1 Å². The Hall–Kier alpha value is -2.88. The highest BCUT2D eigenvalue weighted by Crippen LogP contribution is 2.35. The largest absolute Gasteiger partial charge is 0.453 e. The maximum Gasteiger partial charge on any atom is 0.407 e. The summed E-state index contributed by atoms with van der Waals surface area (Å²) in [6.07, 6.45) is 2.95. The van der Waals surface area contributed by atoms with Crippen LogP contribution in [0.3, 0.4) is 0 Å². The van der Waals surface area contributed by atoms with Crippen molar-refractivity contribution in [3.05, 3.63) is 63.6 Å². The lowest BCUT2D eigenvalue weighted by molar-refractivity contribution is -0.135. The number of hydrogen-bond acceptors (Lipinski definition) is 4. The molecule has 4 rings (SSSR count). The third-order valence-electron chi connectivity index (χ3n) is 6.49. The fourth-order valence-electron chi connectivity index (χ4n) is 4.60. The summed E-state index contributed by atoms with van der Waals surface area (Å²) in [5.74, 6) is 0.590. The highest BCUT2D eigenvalue weighted by Gasteiger charge is 2.37. The van der Waals surface area contributed by atoms with Crippen LogP contribution in [0.5, 0.6) is 0 Å². The first-order valence-corrected chi connectivity index (χ1v) is 12.9. The molecule has 2 N–H and O–H groups in total. The van der Waals surface area contributed by atoms with Crippen molar-refractivity contribution >= 4 is 34.6 Å². The number of halogens is 1. The second-order valence-electron chi connectivity index (χ2n) is 9.25. The molecule has 0 unspecified atom stereocenters. The third kappa shape index (κ3) is 5.37. The van der Waals surface area contributed by atoms with Gasteiger partial charge in [-0.05, 0) is 77.1 Å². The van der Waals surface area contributed by atoms with E-state index in [4.69, 9.17) is 4.74 Å². The molecule has 0 aliphatic carbocycles. The maximum absolute atomic E-state index is 13.4. The number of nitrogens with zero attached hydrogens (tertiary/aromatic N) is 2. The number of amides is 2. The van der Waals surface area contributed by atoms with Crippen LogP contribution in [0.1, 0.15) is 44.1 Å². The molecule has 2 amide bonds. The predicted molar refractivity (Wildman–Crippen MR) is 145 cm³/mol. The number of methoxy groups -OCH3 is 1. The molecular formula is C27H31IN4O3. The summed E-state index contributed by atoms with van der Waals surface area (Å²) >= 11 is 2.40. The number of nitrogens with one attached hydrogen (secondary N) is 2. The van der Waals surface area contributed by atoms with Gasteiger partial charge in [0, 0.05) is 15.7 Å². The number of ether oxygens (including phenoxy) is 1. The van der Waals surface area contributed by atoms with E-state index in [0.29, 0.717) is 6.54 Å². The molecule has 2 atom stereocenters. The molecule has 2 aromatic carbocycles. The molecule has 7 nitrogen and oxygen atoms in total. The predicted octanol–water partition coefficient (Wildman–Crippen LogP) is 5.70. The van der Waals surface area contributed by atoms with Crippen LogP contribution < -0.4 is 5.32 Å². The van der Waals surface area contributed by atoms with Crippen LogP contribution in [-0.4, -0.2) is 46.6 Å². The van der Waals surface area contributed by atoms with E-state index in [1.54, 1.807) is 0 Å². The Balaban J connectivity index is 1.61. The summed E-state index contributed by atoms with van der Waals surface area (Å²) in [6.45, 7) is 6.58. The molecule has 184 valence electrons. The molecule has 8 heteroatoms. The normalized spacial score (nSPS) is 16.4. The van der Waals surface area contributed by atoms with Crippen molar-refractivity contribution in [2.24, 2.45) is 5.92 Å². The molecule has 1 aromatic heterocycles. The van der Waals surface area contributed by atoms with Crippen molar-refractivity contribution in [2.45, 2.75) is 45.7 Å². The van der Waals surface area contributed by atoms with Crippen LogP contribution in [0, 0.1) is 16.4 Å². The van der Waals surface area contributed by atoms with Crippen molar-refractivity contribution < 1.29 is 14.3 Å². The van der Waals surface area contributed by atoms with E-state index in [9.17, 15) is 9.59 Å². The zero-order valence-corrected chi connectivity index (χ0v) is 22.6. The van der Waals surface area contributed by atoms with Gasteiger partial charge in [0.25, 0.3) is 0 Å². The molecule has 1 aliphatic heterocycles. The van der Waals surface area contributed by atoms with E-state index in [0.717, 1.165) is 29.9 Å². The fourth-order valence-corrected chi connectivity index (χ4v) is 5.22. The Morgan fingerprint density at radius 1 is 1.20 bits per heavy atom. The van der Waals surface area contributed by atoms with Crippen LogP contribution in [-0.2, 0) is 9.53 Å². The number of likely N-dealkylation sites (tertiary alicyclic amines) is 1. The van der Waals surface area contributed by atoms with Crippen LogP contribution in [0.4, 0.5) is 4.79 Å². The number of hydrogen-bond donors (Lipinski definition) is 2. The third-order valence-corrected chi connectivity index (χ3v) is 7.92. The molecule has 1 fully saturated rings. The molecule has 1 saturated heterocycles. The number of aromatic nitrogens is 2. The highest BCUT2D eigenvalue weighted by molar-refractivity contribution is 14.1. The van der Waals surface area contributed by atoms with Gasteiger partial charge < -0.3 is 19.9 Å². The van der Waals surface area contributed by atoms with Gasteiger partial charge >= 0.3 is 6.09 Å².